The summed E-state index contributed by atoms with van der Waals surface area (Å²) in [6.07, 6.45) is 2.19. The Kier molecular flexibility index (Phi) is 4.45. The van der Waals surface area contributed by atoms with Gasteiger partial charge in [-0.25, -0.2) is 13.4 Å². The van der Waals surface area contributed by atoms with E-state index in [2.05, 4.69) is 9.88 Å². The number of carbonyl (C=O) groups is 2. The Balaban J connectivity index is 1.30. The second-order valence-electron chi connectivity index (χ2n) is 7.68. The second kappa shape index (κ2) is 6.89. The van der Waals surface area contributed by atoms with Crippen LogP contribution in [0.4, 0.5) is 10.8 Å². The summed E-state index contributed by atoms with van der Waals surface area (Å²) in [6.45, 7) is 2.64. The normalized spacial score (nSPS) is 25.2. The molecule has 4 heterocycles. The first kappa shape index (κ1) is 18.7. The molecule has 2 amide bonds. The van der Waals surface area contributed by atoms with Crippen LogP contribution in [0.1, 0.15) is 12.8 Å². The van der Waals surface area contributed by atoms with Gasteiger partial charge in [0.05, 0.1) is 10.6 Å². The van der Waals surface area contributed by atoms with Crippen molar-refractivity contribution in [2.45, 2.75) is 17.7 Å². The molecule has 3 saturated heterocycles. The number of anilines is 2. The van der Waals surface area contributed by atoms with Gasteiger partial charge in [0.2, 0.25) is 21.8 Å². The fourth-order valence-electron chi connectivity index (χ4n) is 4.46. The molecule has 5 rings (SSSR count). The summed E-state index contributed by atoms with van der Waals surface area (Å²) in [5, 5.41) is 2.95. The predicted molar refractivity (Wildman–Crippen MR) is 108 cm³/mol. The van der Waals surface area contributed by atoms with Gasteiger partial charge in [0.25, 0.3) is 0 Å². The minimum absolute atomic E-state index is 0.192. The molecular formula is C19H20N4O4S2. The molecule has 3 fully saturated rings. The van der Waals surface area contributed by atoms with Crippen LogP contribution in [0.2, 0.25) is 0 Å². The predicted octanol–water partition coefficient (Wildman–Crippen LogP) is 1.55. The van der Waals surface area contributed by atoms with Crippen LogP contribution in [0.25, 0.3) is 0 Å². The molecule has 2 aromatic rings. The highest BCUT2D eigenvalue weighted by atomic mass is 32.2. The molecule has 152 valence electrons. The van der Waals surface area contributed by atoms with Crippen LogP contribution in [0.5, 0.6) is 0 Å². The average molecular weight is 433 g/mol. The van der Waals surface area contributed by atoms with Crippen molar-refractivity contribution < 1.29 is 18.0 Å². The van der Waals surface area contributed by atoms with Crippen molar-refractivity contribution in [2.24, 2.45) is 11.8 Å². The number of benzene rings is 1. The number of nitrogens with zero attached hydrogens (tertiary/aromatic N) is 4. The molecule has 0 spiro atoms. The zero-order valence-corrected chi connectivity index (χ0v) is 17.2. The summed E-state index contributed by atoms with van der Waals surface area (Å²) < 4.78 is 27.7. The van der Waals surface area contributed by atoms with E-state index in [0.717, 1.165) is 23.1 Å². The Morgan fingerprint density at radius 2 is 1.55 bits per heavy atom. The maximum absolute atomic E-state index is 13.1. The number of carbonyl (C=O) groups excluding carboxylic acids is 2. The highest BCUT2D eigenvalue weighted by Gasteiger charge is 2.44. The molecule has 29 heavy (non-hydrogen) atoms. The molecule has 0 saturated carbocycles. The summed E-state index contributed by atoms with van der Waals surface area (Å²) in [5.41, 5.74) is 0.425. The van der Waals surface area contributed by atoms with Crippen LogP contribution in [-0.4, -0.2) is 55.7 Å². The fraction of sp³-hybridized carbons (Fsp3) is 0.421. The zero-order chi connectivity index (χ0) is 20.2. The lowest BCUT2D eigenvalue weighted by molar-refractivity contribution is -0.121. The summed E-state index contributed by atoms with van der Waals surface area (Å²) in [7, 11) is -3.61. The van der Waals surface area contributed by atoms with E-state index in [9.17, 15) is 18.0 Å². The molecule has 0 aliphatic carbocycles. The third kappa shape index (κ3) is 3.15. The Hall–Kier alpha value is -2.30. The van der Waals surface area contributed by atoms with E-state index >= 15 is 0 Å². The summed E-state index contributed by atoms with van der Waals surface area (Å²) in [6, 6.07) is 6.04. The molecule has 1 aromatic carbocycles. The van der Waals surface area contributed by atoms with Gasteiger partial charge >= 0.3 is 0 Å². The number of fused-ring (bicyclic) bond motifs is 1. The van der Waals surface area contributed by atoms with Crippen molar-refractivity contribution in [3.05, 3.63) is 35.8 Å². The molecule has 0 bridgehead atoms. The van der Waals surface area contributed by atoms with E-state index in [1.165, 1.54) is 24.3 Å². The Labute approximate surface area is 172 Å². The van der Waals surface area contributed by atoms with Gasteiger partial charge in [-0.3, -0.25) is 14.5 Å². The van der Waals surface area contributed by atoms with Crippen LogP contribution in [0.15, 0.2) is 40.7 Å². The van der Waals surface area contributed by atoms with Crippen LogP contribution in [0, 0.1) is 11.8 Å². The number of amides is 2. The molecule has 1 aromatic heterocycles. The molecule has 2 unspecified atom stereocenters. The number of sulfonamides is 1. The molecule has 10 heteroatoms. The number of hydrogen-bond donors (Lipinski definition) is 0. The van der Waals surface area contributed by atoms with Crippen LogP contribution < -0.4 is 9.80 Å². The first-order valence-electron chi connectivity index (χ1n) is 9.54. The lowest BCUT2D eigenvalue weighted by Gasteiger charge is -2.21. The highest BCUT2D eigenvalue weighted by Crippen LogP contribution is 2.37. The van der Waals surface area contributed by atoms with Crippen LogP contribution in [0.3, 0.4) is 0 Å². The number of aromatic nitrogens is 1. The van der Waals surface area contributed by atoms with Gasteiger partial charge in [0, 0.05) is 50.6 Å². The van der Waals surface area contributed by atoms with Gasteiger partial charge in [-0.05, 0) is 36.1 Å². The molecule has 3 aliphatic heterocycles. The Bertz CT molecular complexity index is 1020. The minimum Gasteiger partial charge on any atom is -0.347 e. The van der Waals surface area contributed by atoms with E-state index < -0.39 is 10.0 Å². The second-order valence-corrected chi connectivity index (χ2v) is 10.5. The minimum atomic E-state index is -3.61. The van der Waals surface area contributed by atoms with E-state index in [-0.39, 0.29) is 29.6 Å². The van der Waals surface area contributed by atoms with Crippen LogP contribution in [-0.2, 0) is 19.6 Å². The first-order valence-corrected chi connectivity index (χ1v) is 11.9. The van der Waals surface area contributed by atoms with Crippen molar-refractivity contribution in [2.75, 3.05) is 36.0 Å². The van der Waals surface area contributed by atoms with Crippen molar-refractivity contribution in [3.63, 3.8) is 0 Å². The van der Waals surface area contributed by atoms with Gasteiger partial charge in [-0.2, -0.15) is 4.31 Å². The van der Waals surface area contributed by atoms with E-state index in [1.54, 1.807) is 21.8 Å². The molecule has 0 radical (unpaired) electrons. The third-order valence-electron chi connectivity index (χ3n) is 5.93. The quantitative estimate of drug-likeness (QED) is 0.681. The summed E-state index contributed by atoms with van der Waals surface area (Å²) in [5.74, 6) is 0.103. The average Bonchev–Trinajstić information content (AvgIpc) is 3.45. The molecular weight excluding hydrogens is 412 g/mol. The SMILES string of the molecule is O=C1CCC(=O)N1c1ccc(S(=O)(=O)N2CC3CN(c4nccs4)CC3C2)cc1. The zero-order valence-electron chi connectivity index (χ0n) is 15.6. The molecule has 2 atom stereocenters. The van der Waals surface area contributed by atoms with Crippen molar-refractivity contribution in [3.8, 4) is 0 Å². The van der Waals surface area contributed by atoms with Gasteiger partial charge in [0.15, 0.2) is 5.13 Å². The largest absolute Gasteiger partial charge is 0.347 e. The van der Waals surface area contributed by atoms with Gasteiger partial charge in [-0.15, -0.1) is 11.3 Å². The molecule has 8 nitrogen and oxygen atoms in total. The maximum atomic E-state index is 13.1. The number of imide groups is 1. The molecule has 0 N–H and O–H groups in total. The smallest absolute Gasteiger partial charge is 0.243 e. The monoisotopic (exact) mass is 432 g/mol. The number of rotatable bonds is 4. The van der Waals surface area contributed by atoms with Crippen molar-refractivity contribution in [1.29, 1.82) is 0 Å². The van der Waals surface area contributed by atoms with E-state index in [1.807, 2.05) is 5.38 Å². The summed E-state index contributed by atoms with van der Waals surface area (Å²) >= 11 is 1.61. The standard InChI is InChI=1S/C19H20N4O4S2/c24-17-5-6-18(25)23(17)15-1-3-16(4-2-15)29(26,27)22-11-13-9-21(10-14(13)12-22)19-20-7-8-28-19/h1-4,7-8,13-14H,5-6,9-12H2. The third-order valence-corrected chi connectivity index (χ3v) is 8.60. The van der Waals surface area contributed by atoms with Crippen molar-refractivity contribution >= 4 is 44.0 Å². The highest BCUT2D eigenvalue weighted by molar-refractivity contribution is 7.89. The van der Waals surface area contributed by atoms with Crippen molar-refractivity contribution in [1.82, 2.24) is 9.29 Å². The maximum Gasteiger partial charge on any atom is 0.243 e. The fourth-order valence-corrected chi connectivity index (χ4v) is 6.67. The number of thiazole rings is 1. The summed E-state index contributed by atoms with van der Waals surface area (Å²) in [4.78, 5) is 31.7. The number of hydrogen-bond acceptors (Lipinski definition) is 7. The lowest BCUT2D eigenvalue weighted by atomic mass is 10.0. The Morgan fingerprint density at radius 1 is 0.931 bits per heavy atom. The van der Waals surface area contributed by atoms with Gasteiger partial charge < -0.3 is 4.90 Å². The topological polar surface area (TPSA) is 90.9 Å². The van der Waals surface area contributed by atoms with Gasteiger partial charge in [-0.1, -0.05) is 0 Å². The first-order chi connectivity index (χ1) is 13.9. The lowest BCUT2D eigenvalue weighted by Crippen LogP contribution is -2.33. The van der Waals surface area contributed by atoms with Crippen LogP contribution >= 0.6 is 11.3 Å². The van der Waals surface area contributed by atoms with E-state index in [4.69, 9.17) is 0 Å². The van der Waals surface area contributed by atoms with Gasteiger partial charge in [0.1, 0.15) is 0 Å². The van der Waals surface area contributed by atoms with E-state index in [0.29, 0.717) is 30.6 Å². The molecule has 3 aliphatic rings. The Morgan fingerprint density at radius 3 is 2.10 bits per heavy atom.